The highest BCUT2D eigenvalue weighted by Crippen LogP contribution is 2.34. The maximum atomic E-state index is 12.4. The molecule has 0 saturated carbocycles. The van der Waals surface area contributed by atoms with E-state index in [2.05, 4.69) is 15.5 Å². The van der Waals surface area contributed by atoms with Gasteiger partial charge in [0.15, 0.2) is 22.5 Å². The number of amides is 1. The summed E-state index contributed by atoms with van der Waals surface area (Å²) in [5.74, 6) is 3.28. The molecule has 1 N–H and O–H groups in total. The van der Waals surface area contributed by atoms with Crippen molar-refractivity contribution in [1.29, 1.82) is 0 Å². The molecule has 0 atom stereocenters. The summed E-state index contributed by atoms with van der Waals surface area (Å²) in [5.41, 5.74) is 1.70. The summed E-state index contributed by atoms with van der Waals surface area (Å²) < 4.78 is 23.1. The average Bonchev–Trinajstić information content (AvgIpc) is 3.20. The van der Waals surface area contributed by atoms with Crippen molar-refractivity contribution in [1.82, 2.24) is 20.1 Å². The van der Waals surface area contributed by atoms with E-state index in [-0.39, 0.29) is 11.7 Å². The molecule has 170 valence electrons. The summed E-state index contributed by atoms with van der Waals surface area (Å²) in [5, 5.41) is 12.0. The normalized spacial score (nSPS) is 10.5. The van der Waals surface area contributed by atoms with Gasteiger partial charge in [0.2, 0.25) is 5.91 Å². The van der Waals surface area contributed by atoms with Gasteiger partial charge in [-0.15, -0.1) is 10.2 Å². The van der Waals surface area contributed by atoms with Crippen molar-refractivity contribution in [2.75, 3.05) is 34.2 Å². The van der Waals surface area contributed by atoms with Crippen LogP contribution >= 0.6 is 11.8 Å². The van der Waals surface area contributed by atoms with Gasteiger partial charge in [0.1, 0.15) is 11.5 Å². The van der Waals surface area contributed by atoms with Gasteiger partial charge < -0.3 is 28.8 Å². The summed E-state index contributed by atoms with van der Waals surface area (Å²) in [6.45, 7) is 0.291. The van der Waals surface area contributed by atoms with Gasteiger partial charge >= 0.3 is 0 Å². The Morgan fingerprint density at radius 3 is 2.22 bits per heavy atom. The summed E-state index contributed by atoms with van der Waals surface area (Å²) in [6.07, 6.45) is 0. The first-order valence-electron chi connectivity index (χ1n) is 9.72. The molecule has 1 heterocycles. The lowest BCUT2D eigenvalue weighted by molar-refractivity contribution is -0.118. The molecule has 0 spiro atoms. The van der Waals surface area contributed by atoms with Gasteiger partial charge in [0.25, 0.3) is 0 Å². The van der Waals surface area contributed by atoms with Crippen molar-refractivity contribution in [3.63, 3.8) is 0 Å². The maximum Gasteiger partial charge on any atom is 0.230 e. The molecule has 0 unspecified atom stereocenters. The van der Waals surface area contributed by atoms with E-state index >= 15 is 0 Å². The fourth-order valence-electron chi connectivity index (χ4n) is 3.04. The second-order valence-electron chi connectivity index (χ2n) is 6.68. The Hall–Kier alpha value is -3.40. The fraction of sp³-hybridized carbons (Fsp3) is 0.318. The van der Waals surface area contributed by atoms with Crippen LogP contribution in [-0.2, 0) is 18.4 Å². The zero-order valence-electron chi connectivity index (χ0n) is 18.7. The molecule has 9 nitrogen and oxygen atoms in total. The van der Waals surface area contributed by atoms with E-state index in [1.54, 1.807) is 40.6 Å². The van der Waals surface area contributed by atoms with E-state index in [9.17, 15) is 4.79 Å². The van der Waals surface area contributed by atoms with E-state index < -0.39 is 0 Å². The van der Waals surface area contributed by atoms with Crippen molar-refractivity contribution in [3.8, 4) is 34.4 Å². The van der Waals surface area contributed by atoms with E-state index in [4.69, 9.17) is 18.9 Å². The van der Waals surface area contributed by atoms with Crippen LogP contribution in [0.2, 0.25) is 0 Å². The molecule has 0 fully saturated rings. The topological polar surface area (TPSA) is 96.7 Å². The SMILES string of the molecule is COc1ccc(-c2nnc(SCC(=O)NCc3cc(OC)c(OC)cc3OC)n2C)cc1. The third-order valence-electron chi connectivity index (χ3n) is 4.78. The third-order valence-corrected chi connectivity index (χ3v) is 5.80. The molecule has 0 saturated heterocycles. The van der Waals surface area contributed by atoms with Crippen molar-refractivity contribution < 1.29 is 23.7 Å². The van der Waals surface area contributed by atoms with Crippen LogP contribution in [0.1, 0.15) is 5.56 Å². The largest absolute Gasteiger partial charge is 0.497 e. The van der Waals surface area contributed by atoms with Gasteiger partial charge in [0.05, 0.1) is 34.2 Å². The quantitative estimate of drug-likeness (QED) is 0.463. The molecule has 0 aliphatic rings. The van der Waals surface area contributed by atoms with Crippen LogP contribution in [0.4, 0.5) is 0 Å². The van der Waals surface area contributed by atoms with E-state index in [1.807, 2.05) is 35.9 Å². The van der Waals surface area contributed by atoms with Gasteiger partial charge in [-0.1, -0.05) is 11.8 Å². The third kappa shape index (κ3) is 5.25. The molecule has 3 aromatic rings. The monoisotopic (exact) mass is 458 g/mol. The summed E-state index contributed by atoms with van der Waals surface area (Å²) in [6, 6.07) is 11.1. The number of ether oxygens (including phenoxy) is 4. The van der Waals surface area contributed by atoms with E-state index in [1.165, 1.54) is 11.8 Å². The van der Waals surface area contributed by atoms with Crippen LogP contribution in [0, 0.1) is 0 Å². The number of hydrogen-bond donors (Lipinski definition) is 1. The highest BCUT2D eigenvalue weighted by molar-refractivity contribution is 7.99. The van der Waals surface area contributed by atoms with Crippen LogP contribution in [0.25, 0.3) is 11.4 Å². The van der Waals surface area contributed by atoms with Crippen LogP contribution in [0.15, 0.2) is 41.6 Å². The molecule has 0 bridgehead atoms. The molecule has 32 heavy (non-hydrogen) atoms. The van der Waals surface area contributed by atoms with Gasteiger partial charge in [0, 0.05) is 30.8 Å². The number of carbonyl (C=O) groups excluding carboxylic acids is 1. The molecule has 1 aromatic heterocycles. The zero-order chi connectivity index (χ0) is 23.1. The predicted octanol–water partition coefficient (Wildman–Crippen LogP) is 2.93. The van der Waals surface area contributed by atoms with Crippen molar-refractivity contribution >= 4 is 17.7 Å². The molecule has 0 aliphatic carbocycles. The minimum absolute atomic E-state index is 0.138. The number of thioether (sulfide) groups is 1. The Bertz CT molecular complexity index is 1070. The first-order chi connectivity index (χ1) is 15.5. The Kier molecular flexibility index (Phi) is 7.82. The van der Waals surface area contributed by atoms with Gasteiger partial charge in [-0.2, -0.15) is 0 Å². The summed E-state index contributed by atoms with van der Waals surface area (Å²) in [7, 11) is 8.18. The van der Waals surface area contributed by atoms with Crippen molar-refractivity contribution in [2.45, 2.75) is 11.7 Å². The first-order valence-corrected chi connectivity index (χ1v) is 10.7. The van der Waals surface area contributed by atoms with E-state index in [0.29, 0.717) is 34.8 Å². The number of hydrogen-bond acceptors (Lipinski definition) is 8. The van der Waals surface area contributed by atoms with Gasteiger partial charge in [-0.25, -0.2) is 0 Å². The number of rotatable bonds is 10. The molecular formula is C22H26N4O5S. The molecule has 2 aromatic carbocycles. The molecule has 10 heteroatoms. The Labute approximate surface area is 191 Å². The number of methoxy groups -OCH3 is 4. The first kappa shape index (κ1) is 23.3. The molecule has 0 radical (unpaired) electrons. The lowest BCUT2D eigenvalue weighted by Gasteiger charge is -2.14. The number of aromatic nitrogens is 3. The summed E-state index contributed by atoms with van der Waals surface area (Å²) in [4.78, 5) is 12.4. The van der Waals surface area contributed by atoms with Gasteiger partial charge in [-0.3, -0.25) is 4.79 Å². The molecule has 3 rings (SSSR count). The highest BCUT2D eigenvalue weighted by atomic mass is 32.2. The van der Waals surface area contributed by atoms with Crippen LogP contribution in [0.3, 0.4) is 0 Å². The number of carbonyl (C=O) groups is 1. The van der Waals surface area contributed by atoms with Crippen molar-refractivity contribution in [2.24, 2.45) is 7.05 Å². The molecule has 0 aliphatic heterocycles. The van der Waals surface area contributed by atoms with E-state index in [0.717, 1.165) is 16.9 Å². The number of benzene rings is 2. The van der Waals surface area contributed by atoms with Crippen molar-refractivity contribution in [3.05, 3.63) is 42.0 Å². The number of nitrogens with zero attached hydrogens (tertiary/aromatic N) is 3. The lowest BCUT2D eigenvalue weighted by Crippen LogP contribution is -2.25. The zero-order valence-corrected chi connectivity index (χ0v) is 19.5. The highest BCUT2D eigenvalue weighted by Gasteiger charge is 2.15. The standard InChI is InChI=1S/C22H26N4O5S/c1-26-21(14-6-8-16(28-2)9-7-14)24-25-22(26)32-13-20(27)23-12-15-10-18(30-4)19(31-5)11-17(15)29-3/h6-11H,12-13H2,1-5H3,(H,23,27). The average molecular weight is 459 g/mol. The molecule has 1 amide bonds. The Balaban J connectivity index is 1.60. The van der Waals surface area contributed by atoms with Crippen LogP contribution in [-0.4, -0.2) is 54.9 Å². The van der Waals surface area contributed by atoms with Crippen LogP contribution < -0.4 is 24.3 Å². The minimum atomic E-state index is -0.138. The predicted molar refractivity (Wildman–Crippen MR) is 122 cm³/mol. The fourth-order valence-corrected chi connectivity index (χ4v) is 3.78. The lowest BCUT2D eigenvalue weighted by atomic mass is 10.1. The Morgan fingerprint density at radius 2 is 1.59 bits per heavy atom. The van der Waals surface area contributed by atoms with Crippen LogP contribution in [0.5, 0.6) is 23.0 Å². The molecular weight excluding hydrogens is 432 g/mol. The Morgan fingerprint density at radius 1 is 0.938 bits per heavy atom. The minimum Gasteiger partial charge on any atom is -0.497 e. The smallest absolute Gasteiger partial charge is 0.230 e. The maximum absolute atomic E-state index is 12.4. The summed E-state index contributed by atoms with van der Waals surface area (Å²) >= 11 is 1.31. The van der Waals surface area contributed by atoms with Gasteiger partial charge in [-0.05, 0) is 30.3 Å². The number of nitrogens with one attached hydrogen (secondary N) is 1. The second kappa shape index (κ2) is 10.8. The second-order valence-corrected chi connectivity index (χ2v) is 7.62.